The minimum absolute atomic E-state index is 0.217. The maximum atomic E-state index is 8.51. The Kier molecular flexibility index (Phi) is 4.72. The Labute approximate surface area is 95.6 Å². The van der Waals surface area contributed by atoms with E-state index in [-0.39, 0.29) is 5.84 Å². The monoisotopic (exact) mass is 222 g/mol. The van der Waals surface area contributed by atoms with Crippen molar-refractivity contribution in [2.75, 3.05) is 13.1 Å². The summed E-state index contributed by atoms with van der Waals surface area (Å²) >= 11 is 0. The molecule has 0 saturated carbocycles. The highest BCUT2D eigenvalue weighted by Gasteiger charge is 2.06. The standard InChI is InChI=1S/C11H18N4O/c1-3-15(8-11(12)14-16)7-10-6-4-5-9(2)13-10/h4-6,16H,3,7-8H2,1-2H3,(H2,12,14). The first-order chi connectivity index (χ1) is 7.65. The Balaban J connectivity index is 2.63. The van der Waals surface area contributed by atoms with Crippen LogP contribution in [0.25, 0.3) is 0 Å². The Bertz CT molecular complexity index is 365. The Hall–Kier alpha value is -1.62. The highest BCUT2D eigenvalue weighted by Crippen LogP contribution is 2.02. The molecule has 3 N–H and O–H groups in total. The molecule has 1 aromatic rings. The van der Waals surface area contributed by atoms with E-state index in [1.165, 1.54) is 0 Å². The van der Waals surface area contributed by atoms with Crippen molar-refractivity contribution in [2.45, 2.75) is 20.4 Å². The van der Waals surface area contributed by atoms with Crippen LogP contribution in [0.1, 0.15) is 18.3 Å². The first kappa shape index (κ1) is 12.4. The van der Waals surface area contributed by atoms with Gasteiger partial charge >= 0.3 is 0 Å². The van der Waals surface area contributed by atoms with Gasteiger partial charge in [-0.25, -0.2) is 0 Å². The van der Waals surface area contributed by atoms with E-state index in [2.05, 4.69) is 15.0 Å². The summed E-state index contributed by atoms with van der Waals surface area (Å²) in [7, 11) is 0. The lowest BCUT2D eigenvalue weighted by Crippen LogP contribution is -2.33. The van der Waals surface area contributed by atoms with Gasteiger partial charge in [0, 0.05) is 12.2 Å². The van der Waals surface area contributed by atoms with Crippen LogP contribution in [0.4, 0.5) is 0 Å². The third kappa shape index (κ3) is 3.86. The van der Waals surface area contributed by atoms with E-state index in [1.807, 2.05) is 32.0 Å². The van der Waals surface area contributed by atoms with E-state index in [0.717, 1.165) is 17.9 Å². The number of amidine groups is 1. The van der Waals surface area contributed by atoms with Gasteiger partial charge in [0.15, 0.2) is 5.84 Å². The summed E-state index contributed by atoms with van der Waals surface area (Å²) in [5, 5.41) is 11.5. The first-order valence-corrected chi connectivity index (χ1v) is 5.27. The van der Waals surface area contributed by atoms with Crippen molar-refractivity contribution in [3.63, 3.8) is 0 Å². The van der Waals surface area contributed by atoms with Crippen LogP contribution >= 0.6 is 0 Å². The largest absolute Gasteiger partial charge is 0.409 e. The lowest BCUT2D eigenvalue weighted by Gasteiger charge is -2.18. The fourth-order valence-corrected chi connectivity index (χ4v) is 1.46. The molecule has 5 nitrogen and oxygen atoms in total. The molecule has 1 aromatic heterocycles. The summed E-state index contributed by atoms with van der Waals surface area (Å²) in [5.41, 5.74) is 7.46. The van der Waals surface area contributed by atoms with Crippen LogP contribution in [0.5, 0.6) is 0 Å². The lowest BCUT2D eigenvalue weighted by molar-refractivity contribution is 0.293. The van der Waals surface area contributed by atoms with Crippen LogP contribution < -0.4 is 5.73 Å². The summed E-state index contributed by atoms with van der Waals surface area (Å²) < 4.78 is 0. The van der Waals surface area contributed by atoms with E-state index in [9.17, 15) is 0 Å². The molecule has 0 bridgehead atoms. The molecule has 0 saturated heterocycles. The third-order valence-electron chi connectivity index (χ3n) is 2.29. The average molecular weight is 222 g/mol. The minimum atomic E-state index is 0.217. The Morgan fingerprint density at radius 3 is 2.88 bits per heavy atom. The molecule has 0 aliphatic carbocycles. The van der Waals surface area contributed by atoms with Gasteiger partial charge in [-0.1, -0.05) is 18.1 Å². The van der Waals surface area contributed by atoms with Crippen molar-refractivity contribution in [3.05, 3.63) is 29.6 Å². The molecule has 5 heteroatoms. The van der Waals surface area contributed by atoms with Crippen molar-refractivity contribution < 1.29 is 5.21 Å². The van der Waals surface area contributed by atoms with E-state index in [0.29, 0.717) is 13.1 Å². The summed E-state index contributed by atoms with van der Waals surface area (Å²) in [6, 6.07) is 5.92. The quantitative estimate of drug-likeness (QED) is 0.337. The second-order valence-electron chi connectivity index (χ2n) is 3.66. The second-order valence-corrected chi connectivity index (χ2v) is 3.66. The van der Waals surface area contributed by atoms with Gasteiger partial charge in [0.2, 0.25) is 0 Å². The molecule has 0 amide bonds. The van der Waals surface area contributed by atoms with Crippen LogP contribution in [0, 0.1) is 6.92 Å². The summed E-state index contributed by atoms with van der Waals surface area (Å²) in [6.45, 7) is 5.96. The molecule has 0 aliphatic heterocycles. The molecule has 16 heavy (non-hydrogen) atoms. The van der Waals surface area contributed by atoms with Crippen molar-refractivity contribution in [3.8, 4) is 0 Å². The number of aromatic nitrogens is 1. The van der Waals surface area contributed by atoms with Gasteiger partial charge < -0.3 is 10.9 Å². The van der Waals surface area contributed by atoms with Crippen molar-refractivity contribution >= 4 is 5.84 Å². The van der Waals surface area contributed by atoms with Crippen LogP contribution in [0.15, 0.2) is 23.4 Å². The maximum Gasteiger partial charge on any atom is 0.153 e. The summed E-state index contributed by atoms with van der Waals surface area (Å²) in [5.74, 6) is 0.217. The number of nitrogens with two attached hydrogens (primary N) is 1. The molecule has 0 unspecified atom stereocenters. The van der Waals surface area contributed by atoms with Gasteiger partial charge in [0.05, 0.1) is 12.2 Å². The van der Waals surface area contributed by atoms with Crippen molar-refractivity contribution in [1.29, 1.82) is 0 Å². The molecule has 1 rings (SSSR count). The summed E-state index contributed by atoms with van der Waals surface area (Å²) in [4.78, 5) is 6.46. The predicted octanol–water partition coefficient (Wildman–Crippen LogP) is 0.958. The number of oxime groups is 1. The van der Waals surface area contributed by atoms with Crippen LogP contribution in [-0.4, -0.2) is 34.0 Å². The molecule has 0 atom stereocenters. The molecule has 0 aromatic carbocycles. The molecule has 0 radical (unpaired) electrons. The molecule has 0 spiro atoms. The third-order valence-corrected chi connectivity index (χ3v) is 2.29. The summed E-state index contributed by atoms with van der Waals surface area (Å²) in [6.07, 6.45) is 0. The second kappa shape index (κ2) is 6.07. The number of hydrogen-bond donors (Lipinski definition) is 2. The van der Waals surface area contributed by atoms with Gasteiger partial charge in [-0.05, 0) is 25.6 Å². The van der Waals surface area contributed by atoms with E-state index in [4.69, 9.17) is 10.9 Å². The van der Waals surface area contributed by atoms with Gasteiger partial charge in [-0.15, -0.1) is 0 Å². The number of nitrogens with zero attached hydrogens (tertiary/aromatic N) is 3. The first-order valence-electron chi connectivity index (χ1n) is 5.27. The normalized spacial score (nSPS) is 12.1. The molecule has 1 heterocycles. The highest BCUT2D eigenvalue weighted by molar-refractivity contribution is 5.81. The minimum Gasteiger partial charge on any atom is -0.409 e. The molecule has 88 valence electrons. The van der Waals surface area contributed by atoms with Gasteiger partial charge in [0.25, 0.3) is 0 Å². The Morgan fingerprint density at radius 2 is 2.31 bits per heavy atom. The smallest absolute Gasteiger partial charge is 0.153 e. The zero-order chi connectivity index (χ0) is 12.0. The topological polar surface area (TPSA) is 74.7 Å². The average Bonchev–Trinajstić information content (AvgIpc) is 2.28. The fourth-order valence-electron chi connectivity index (χ4n) is 1.46. The van der Waals surface area contributed by atoms with E-state index in [1.54, 1.807) is 0 Å². The number of aryl methyl sites for hydroxylation is 1. The predicted molar refractivity (Wildman–Crippen MR) is 63.3 cm³/mol. The zero-order valence-electron chi connectivity index (χ0n) is 9.72. The zero-order valence-corrected chi connectivity index (χ0v) is 9.72. The van der Waals surface area contributed by atoms with Crippen LogP contribution in [-0.2, 0) is 6.54 Å². The van der Waals surface area contributed by atoms with Crippen molar-refractivity contribution in [1.82, 2.24) is 9.88 Å². The lowest BCUT2D eigenvalue weighted by atomic mass is 10.3. The number of hydrogen-bond acceptors (Lipinski definition) is 4. The number of rotatable bonds is 5. The molecular formula is C11H18N4O. The SMILES string of the molecule is CCN(C/C(N)=N/O)Cc1cccc(C)n1. The van der Waals surface area contributed by atoms with Gasteiger partial charge in [-0.2, -0.15) is 0 Å². The molecule has 0 aliphatic rings. The van der Waals surface area contributed by atoms with Gasteiger partial charge in [0.1, 0.15) is 0 Å². The highest BCUT2D eigenvalue weighted by atomic mass is 16.4. The van der Waals surface area contributed by atoms with Gasteiger partial charge in [-0.3, -0.25) is 9.88 Å². The number of likely N-dealkylation sites (N-methyl/N-ethyl adjacent to an activating group) is 1. The maximum absolute atomic E-state index is 8.51. The Morgan fingerprint density at radius 1 is 1.56 bits per heavy atom. The van der Waals surface area contributed by atoms with Crippen LogP contribution in [0.3, 0.4) is 0 Å². The number of pyridine rings is 1. The van der Waals surface area contributed by atoms with E-state index < -0.39 is 0 Å². The van der Waals surface area contributed by atoms with Crippen LogP contribution in [0.2, 0.25) is 0 Å². The van der Waals surface area contributed by atoms with Crippen molar-refractivity contribution in [2.24, 2.45) is 10.9 Å². The van der Waals surface area contributed by atoms with E-state index >= 15 is 0 Å². The molecular weight excluding hydrogens is 204 g/mol. The molecule has 0 fully saturated rings. The fraction of sp³-hybridized carbons (Fsp3) is 0.455.